The van der Waals surface area contributed by atoms with Crippen molar-refractivity contribution in [2.45, 2.75) is 0 Å². The first-order valence-electron chi connectivity index (χ1n) is 10.7. The highest BCUT2D eigenvalue weighted by Crippen LogP contribution is 2.22. The largest absolute Gasteiger partial charge is 0.491 e. The van der Waals surface area contributed by atoms with E-state index in [-0.39, 0.29) is 12.5 Å². The maximum absolute atomic E-state index is 12.5. The van der Waals surface area contributed by atoms with E-state index in [1.807, 2.05) is 30.3 Å². The summed E-state index contributed by atoms with van der Waals surface area (Å²) in [5.41, 5.74) is 2.86. The number of ether oxygens (including phenoxy) is 1. The molecule has 1 aliphatic heterocycles. The number of piperazine rings is 1. The molecule has 0 aliphatic carbocycles. The van der Waals surface area contributed by atoms with Crippen LogP contribution < -0.4 is 19.9 Å². The molecule has 1 N–H and O–H groups in total. The number of benzene rings is 2. The molecular weight excluding hydrogens is 421 g/mol. The average Bonchev–Trinajstić information content (AvgIpc) is 2.88. The first-order chi connectivity index (χ1) is 16.2. The zero-order valence-corrected chi connectivity index (χ0v) is 18.1. The molecule has 0 atom stereocenters. The van der Waals surface area contributed by atoms with Gasteiger partial charge in [0.05, 0.1) is 5.56 Å². The summed E-state index contributed by atoms with van der Waals surface area (Å²) in [4.78, 5) is 21.4. The smallest absolute Gasteiger partial charge is 0.255 e. The molecule has 0 bridgehead atoms. The number of carbonyl (C=O) groups excluding carboxylic acids is 1. The molecule has 0 saturated carbocycles. The van der Waals surface area contributed by atoms with Gasteiger partial charge < -0.3 is 19.9 Å². The van der Waals surface area contributed by atoms with Crippen LogP contribution in [0.15, 0.2) is 66.9 Å². The lowest BCUT2D eigenvalue weighted by molar-refractivity contribution is 0.102. The molecule has 1 amide bonds. The molecule has 1 fully saturated rings. The Hall–Kier alpha value is -4.12. The van der Waals surface area contributed by atoms with Crippen molar-refractivity contribution < 1.29 is 13.9 Å². The fourth-order valence-corrected chi connectivity index (χ4v) is 3.65. The van der Waals surface area contributed by atoms with Gasteiger partial charge in [-0.1, -0.05) is 0 Å². The van der Waals surface area contributed by atoms with Crippen LogP contribution in [0.1, 0.15) is 15.9 Å². The van der Waals surface area contributed by atoms with Gasteiger partial charge in [0.25, 0.3) is 5.91 Å². The van der Waals surface area contributed by atoms with Gasteiger partial charge in [-0.3, -0.25) is 4.79 Å². The molecule has 168 valence electrons. The number of rotatable bonds is 7. The van der Waals surface area contributed by atoms with E-state index >= 15 is 0 Å². The second kappa shape index (κ2) is 10.5. The van der Waals surface area contributed by atoms with Gasteiger partial charge in [-0.2, -0.15) is 5.26 Å². The van der Waals surface area contributed by atoms with E-state index < -0.39 is 6.67 Å². The summed E-state index contributed by atoms with van der Waals surface area (Å²) < 4.78 is 17.4. The highest BCUT2D eigenvalue weighted by Gasteiger charge is 2.18. The van der Waals surface area contributed by atoms with E-state index in [2.05, 4.69) is 26.2 Å². The van der Waals surface area contributed by atoms with Crippen LogP contribution in [0.2, 0.25) is 0 Å². The Balaban J connectivity index is 1.30. The maximum atomic E-state index is 12.5. The van der Waals surface area contributed by atoms with Gasteiger partial charge in [0.2, 0.25) is 0 Å². The van der Waals surface area contributed by atoms with Gasteiger partial charge in [-0.05, 0) is 60.7 Å². The minimum absolute atomic E-state index is 0.000727. The standard InChI is InChI=1S/C25H24FN5O2/c26-11-16-33-23-8-2-20(3-9-23)25(32)29-21-4-6-22(7-5-21)30-12-14-31(15-13-30)24-10-1-19(17-27)18-28-24/h1-10,18H,11-16H2,(H,29,32). The Bertz CT molecular complexity index is 1100. The van der Waals surface area contributed by atoms with Crippen molar-refractivity contribution in [3.05, 3.63) is 78.0 Å². The number of nitriles is 1. The SMILES string of the molecule is N#Cc1ccc(N2CCN(c3ccc(NC(=O)c4ccc(OCCF)cc4)cc3)CC2)nc1. The van der Waals surface area contributed by atoms with Gasteiger partial charge in [0.15, 0.2) is 0 Å². The quantitative estimate of drug-likeness (QED) is 0.594. The summed E-state index contributed by atoms with van der Waals surface area (Å²) in [7, 11) is 0. The molecule has 1 saturated heterocycles. The predicted molar refractivity (Wildman–Crippen MR) is 126 cm³/mol. The van der Waals surface area contributed by atoms with Crippen LogP contribution in [-0.2, 0) is 0 Å². The minimum Gasteiger partial charge on any atom is -0.491 e. The second-order valence-electron chi connectivity index (χ2n) is 7.55. The summed E-state index contributed by atoms with van der Waals surface area (Å²) >= 11 is 0. The van der Waals surface area contributed by atoms with Gasteiger partial charge in [0.1, 0.15) is 30.9 Å². The fraction of sp³-hybridized carbons (Fsp3) is 0.240. The lowest BCUT2D eigenvalue weighted by Gasteiger charge is -2.36. The Kier molecular flexibility index (Phi) is 7.00. The molecule has 33 heavy (non-hydrogen) atoms. The molecule has 2 heterocycles. The monoisotopic (exact) mass is 445 g/mol. The Morgan fingerprint density at radius 2 is 1.70 bits per heavy atom. The summed E-state index contributed by atoms with van der Waals surface area (Å²) in [5, 5.41) is 11.8. The van der Waals surface area contributed by atoms with Crippen LogP contribution in [0.4, 0.5) is 21.6 Å². The zero-order valence-electron chi connectivity index (χ0n) is 18.1. The molecule has 0 radical (unpaired) electrons. The third kappa shape index (κ3) is 5.57. The van der Waals surface area contributed by atoms with Gasteiger partial charge >= 0.3 is 0 Å². The molecule has 7 nitrogen and oxygen atoms in total. The second-order valence-corrected chi connectivity index (χ2v) is 7.55. The van der Waals surface area contributed by atoms with Crippen LogP contribution in [0.3, 0.4) is 0 Å². The lowest BCUT2D eigenvalue weighted by atomic mass is 10.2. The molecule has 0 unspecified atom stereocenters. The number of aromatic nitrogens is 1. The van der Waals surface area contributed by atoms with Crippen LogP contribution >= 0.6 is 0 Å². The molecule has 1 aliphatic rings. The van der Waals surface area contributed by atoms with Crippen LogP contribution in [-0.4, -0.2) is 50.4 Å². The van der Waals surface area contributed by atoms with Crippen LogP contribution in [0, 0.1) is 11.3 Å². The normalized spacial score (nSPS) is 13.3. The molecule has 0 spiro atoms. The van der Waals surface area contributed by atoms with Crippen LogP contribution in [0.5, 0.6) is 5.75 Å². The number of alkyl halides is 1. The molecule has 8 heteroatoms. The number of anilines is 3. The maximum Gasteiger partial charge on any atom is 0.255 e. The molecule has 2 aromatic carbocycles. The summed E-state index contributed by atoms with van der Waals surface area (Å²) in [6.07, 6.45) is 1.60. The third-order valence-electron chi connectivity index (χ3n) is 5.43. The Morgan fingerprint density at radius 1 is 1.00 bits per heavy atom. The van der Waals surface area contributed by atoms with E-state index in [0.717, 1.165) is 37.7 Å². The fourth-order valence-electron chi connectivity index (χ4n) is 3.65. The van der Waals surface area contributed by atoms with Crippen LogP contribution in [0.25, 0.3) is 0 Å². The van der Waals surface area contributed by atoms with Gasteiger partial charge in [0, 0.05) is 49.3 Å². The minimum atomic E-state index is -0.553. The highest BCUT2D eigenvalue weighted by atomic mass is 19.1. The van der Waals surface area contributed by atoms with Crippen molar-refractivity contribution in [3.8, 4) is 11.8 Å². The number of pyridine rings is 1. The number of nitrogens with zero attached hydrogens (tertiary/aromatic N) is 4. The first kappa shape index (κ1) is 22.1. The summed E-state index contributed by atoms with van der Waals surface area (Å²) in [6.45, 7) is 2.82. The van der Waals surface area contributed by atoms with Gasteiger partial charge in [-0.15, -0.1) is 0 Å². The topological polar surface area (TPSA) is 81.5 Å². The van der Waals surface area contributed by atoms with Gasteiger partial charge in [-0.25, -0.2) is 9.37 Å². The lowest BCUT2D eigenvalue weighted by Crippen LogP contribution is -2.46. The summed E-state index contributed by atoms with van der Waals surface area (Å²) in [5.74, 6) is 1.20. The number of carbonyl (C=O) groups is 1. The number of hydrogen-bond acceptors (Lipinski definition) is 6. The van der Waals surface area contributed by atoms with Crippen molar-refractivity contribution >= 4 is 23.1 Å². The number of hydrogen-bond donors (Lipinski definition) is 1. The average molecular weight is 445 g/mol. The van der Waals surface area contributed by atoms with Crippen molar-refractivity contribution in [1.29, 1.82) is 5.26 Å². The Morgan fingerprint density at radius 3 is 2.30 bits per heavy atom. The third-order valence-corrected chi connectivity index (χ3v) is 5.43. The van der Waals surface area contributed by atoms with E-state index in [9.17, 15) is 9.18 Å². The van der Waals surface area contributed by atoms with E-state index in [0.29, 0.717) is 22.6 Å². The Labute approximate surface area is 192 Å². The van der Waals surface area contributed by atoms with Crippen molar-refractivity contribution in [2.75, 3.05) is 54.6 Å². The molecule has 3 aromatic rings. The van der Waals surface area contributed by atoms with Crippen molar-refractivity contribution in [2.24, 2.45) is 0 Å². The number of nitrogens with one attached hydrogen (secondary N) is 1. The number of amides is 1. The first-order valence-corrected chi connectivity index (χ1v) is 10.7. The predicted octanol–water partition coefficient (Wildman–Crippen LogP) is 3.88. The zero-order chi connectivity index (χ0) is 23.0. The van der Waals surface area contributed by atoms with E-state index in [1.54, 1.807) is 36.5 Å². The van der Waals surface area contributed by atoms with Crippen molar-refractivity contribution in [1.82, 2.24) is 4.98 Å². The van der Waals surface area contributed by atoms with E-state index in [4.69, 9.17) is 10.00 Å². The molecule has 4 rings (SSSR count). The highest BCUT2D eigenvalue weighted by molar-refractivity contribution is 6.04. The number of halogens is 1. The van der Waals surface area contributed by atoms with E-state index in [1.165, 1.54) is 0 Å². The van der Waals surface area contributed by atoms with Crippen molar-refractivity contribution in [3.63, 3.8) is 0 Å². The summed E-state index contributed by atoms with van der Waals surface area (Å²) in [6, 6.07) is 20.2. The molecule has 1 aromatic heterocycles. The molecular formula is C25H24FN5O2.